The molecule has 0 saturated heterocycles. The molecule has 120 valence electrons. The third kappa shape index (κ3) is 6.59. The van der Waals surface area contributed by atoms with Gasteiger partial charge >= 0.3 is 6.18 Å². The van der Waals surface area contributed by atoms with Crippen LogP contribution in [0.2, 0.25) is 0 Å². The van der Waals surface area contributed by atoms with Gasteiger partial charge in [0.05, 0.1) is 11.6 Å². The Kier molecular flexibility index (Phi) is 6.86. The molecule has 0 radical (unpaired) electrons. The minimum atomic E-state index is -4.44. The lowest BCUT2D eigenvalue weighted by atomic mass is 10.1. The van der Waals surface area contributed by atoms with Crippen molar-refractivity contribution < 1.29 is 22.7 Å². The van der Waals surface area contributed by atoms with E-state index in [0.717, 1.165) is 5.56 Å². The van der Waals surface area contributed by atoms with Crippen molar-refractivity contribution in [1.29, 1.82) is 5.26 Å². The first-order chi connectivity index (χ1) is 10.4. The Morgan fingerprint density at radius 1 is 1.32 bits per heavy atom. The van der Waals surface area contributed by atoms with Crippen molar-refractivity contribution in [3.05, 3.63) is 35.4 Å². The number of hydrogen-bond donors (Lipinski definition) is 0. The van der Waals surface area contributed by atoms with Gasteiger partial charge in [0.25, 0.3) is 0 Å². The maximum absolute atomic E-state index is 12.0. The normalized spacial score (nSPS) is 11.0. The summed E-state index contributed by atoms with van der Waals surface area (Å²) < 4.78 is 40.4. The van der Waals surface area contributed by atoms with E-state index in [9.17, 15) is 18.0 Å². The molecule has 0 aliphatic rings. The van der Waals surface area contributed by atoms with Crippen LogP contribution in [0.4, 0.5) is 13.2 Å². The van der Waals surface area contributed by atoms with Gasteiger partial charge < -0.3 is 9.64 Å². The molecule has 0 aliphatic heterocycles. The topological polar surface area (TPSA) is 53.3 Å². The predicted octanol–water partition coefficient (Wildman–Crippen LogP) is 2.88. The molecule has 1 aromatic carbocycles. The van der Waals surface area contributed by atoms with Gasteiger partial charge in [-0.2, -0.15) is 18.4 Å². The number of amides is 1. The summed E-state index contributed by atoms with van der Waals surface area (Å²) >= 11 is 0. The molecule has 22 heavy (non-hydrogen) atoms. The fraction of sp³-hybridized carbons (Fsp3) is 0.467. The fourth-order valence-corrected chi connectivity index (χ4v) is 1.81. The maximum Gasteiger partial charge on any atom is 0.411 e. The highest BCUT2D eigenvalue weighted by Crippen LogP contribution is 2.14. The average molecular weight is 314 g/mol. The van der Waals surface area contributed by atoms with Gasteiger partial charge in [0, 0.05) is 13.1 Å². The first kappa shape index (κ1) is 18.0. The predicted molar refractivity (Wildman–Crippen MR) is 73.7 cm³/mol. The molecule has 4 nitrogen and oxygen atoms in total. The molecule has 0 atom stereocenters. The summed E-state index contributed by atoms with van der Waals surface area (Å²) in [7, 11) is 0. The molecule has 0 heterocycles. The van der Waals surface area contributed by atoms with Gasteiger partial charge in [-0.3, -0.25) is 4.79 Å². The molecular weight excluding hydrogens is 297 g/mol. The Hall–Kier alpha value is -2.07. The summed E-state index contributed by atoms with van der Waals surface area (Å²) in [4.78, 5) is 13.4. The van der Waals surface area contributed by atoms with Gasteiger partial charge in [-0.05, 0) is 24.1 Å². The van der Waals surface area contributed by atoms with Crippen LogP contribution in [0.3, 0.4) is 0 Å². The molecule has 7 heteroatoms. The SMILES string of the molecule is CCCN(Cc1ccc(C#N)cc1)C(=O)COCC(F)(F)F. The van der Waals surface area contributed by atoms with E-state index in [1.54, 1.807) is 24.3 Å². The highest BCUT2D eigenvalue weighted by molar-refractivity contribution is 5.77. The number of nitriles is 1. The summed E-state index contributed by atoms with van der Waals surface area (Å²) in [6, 6.07) is 8.68. The van der Waals surface area contributed by atoms with E-state index in [1.165, 1.54) is 4.90 Å². The molecule has 0 unspecified atom stereocenters. The van der Waals surface area contributed by atoms with Crippen molar-refractivity contribution in [1.82, 2.24) is 4.90 Å². The number of ether oxygens (including phenoxy) is 1. The van der Waals surface area contributed by atoms with Gasteiger partial charge in [0.2, 0.25) is 5.91 Å². The van der Waals surface area contributed by atoms with Crippen molar-refractivity contribution in [2.45, 2.75) is 26.1 Å². The van der Waals surface area contributed by atoms with E-state index in [1.807, 2.05) is 13.0 Å². The van der Waals surface area contributed by atoms with Crippen molar-refractivity contribution in [2.75, 3.05) is 19.8 Å². The Balaban J connectivity index is 2.59. The first-order valence-electron chi connectivity index (χ1n) is 6.77. The number of nitrogens with zero attached hydrogens (tertiary/aromatic N) is 2. The lowest BCUT2D eigenvalue weighted by Gasteiger charge is -2.22. The van der Waals surface area contributed by atoms with Crippen LogP contribution in [-0.4, -0.2) is 36.7 Å². The molecule has 1 aromatic rings. The molecule has 0 aromatic heterocycles. The van der Waals surface area contributed by atoms with Crippen molar-refractivity contribution in [3.8, 4) is 6.07 Å². The zero-order valence-corrected chi connectivity index (χ0v) is 12.2. The third-order valence-electron chi connectivity index (χ3n) is 2.79. The molecule has 0 aliphatic carbocycles. The van der Waals surface area contributed by atoms with Crippen LogP contribution in [0.5, 0.6) is 0 Å². The molecule has 0 fully saturated rings. The van der Waals surface area contributed by atoms with Crippen LogP contribution in [0.25, 0.3) is 0 Å². The second-order valence-corrected chi connectivity index (χ2v) is 4.73. The molecule has 0 spiro atoms. The maximum atomic E-state index is 12.0. The Morgan fingerprint density at radius 2 is 1.95 bits per heavy atom. The largest absolute Gasteiger partial charge is 0.411 e. The summed E-state index contributed by atoms with van der Waals surface area (Å²) in [6.45, 7) is 0.531. The monoisotopic (exact) mass is 314 g/mol. The van der Waals surface area contributed by atoms with E-state index in [4.69, 9.17) is 5.26 Å². The van der Waals surface area contributed by atoms with Gasteiger partial charge in [-0.25, -0.2) is 0 Å². The number of alkyl halides is 3. The van der Waals surface area contributed by atoms with Crippen LogP contribution < -0.4 is 0 Å². The molecule has 0 N–H and O–H groups in total. The summed E-state index contributed by atoms with van der Waals surface area (Å²) in [5.41, 5.74) is 1.31. The van der Waals surface area contributed by atoms with E-state index in [-0.39, 0.29) is 6.54 Å². The second kappa shape index (κ2) is 8.39. The van der Waals surface area contributed by atoms with E-state index in [2.05, 4.69) is 4.74 Å². The highest BCUT2D eigenvalue weighted by Gasteiger charge is 2.28. The molecular formula is C15H17F3N2O2. The Morgan fingerprint density at radius 3 is 2.45 bits per heavy atom. The van der Waals surface area contributed by atoms with Crippen LogP contribution in [-0.2, 0) is 16.1 Å². The minimum absolute atomic E-state index is 0.272. The summed E-state index contributed by atoms with van der Waals surface area (Å²) in [5, 5.41) is 8.72. The number of carbonyl (C=O) groups excluding carboxylic acids is 1. The molecule has 1 rings (SSSR count). The van der Waals surface area contributed by atoms with Crippen molar-refractivity contribution >= 4 is 5.91 Å². The average Bonchev–Trinajstić information content (AvgIpc) is 2.46. The number of hydrogen-bond acceptors (Lipinski definition) is 3. The lowest BCUT2D eigenvalue weighted by molar-refractivity contribution is -0.178. The van der Waals surface area contributed by atoms with Gasteiger partial charge in [0.1, 0.15) is 13.2 Å². The van der Waals surface area contributed by atoms with E-state index in [0.29, 0.717) is 18.5 Å². The van der Waals surface area contributed by atoms with Crippen LogP contribution in [0.1, 0.15) is 24.5 Å². The van der Waals surface area contributed by atoms with Crippen molar-refractivity contribution in [2.24, 2.45) is 0 Å². The third-order valence-corrected chi connectivity index (χ3v) is 2.79. The fourth-order valence-electron chi connectivity index (χ4n) is 1.81. The van der Waals surface area contributed by atoms with Gasteiger partial charge in [0.15, 0.2) is 0 Å². The Labute approximate surface area is 127 Å². The highest BCUT2D eigenvalue weighted by atomic mass is 19.4. The number of benzene rings is 1. The smallest absolute Gasteiger partial charge is 0.362 e. The number of halogens is 3. The first-order valence-corrected chi connectivity index (χ1v) is 6.77. The van der Waals surface area contributed by atoms with E-state index >= 15 is 0 Å². The summed E-state index contributed by atoms with van der Waals surface area (Å²) in [6.07, 6.45) is -3.76. The molecule has 1 amide bonds. The number of rotatable bonds is 7. The number of carbonyl (C=O) groups is 1. The second-order valence-electron chi connectivity index (χ2n) is 4.73. The van der Waals surface area contributed by atoms with Crippen LogP contribution >= 0.6 is 0 Å². The lowest BCUT2D eigenvalue weighted by Crippen LogP contribution is -2.35. The van der Waals surface area contributed by atoms with Crippen molar-refractivity contribution in [3.63, 3.8) is 0 Å². The molecule has 0 bridgehead atoms. The zero-order chi connectivity index (χ0) is 16.6. The summed E-state index contributed by atoms with van der Waals surface area (Å²) in [5.74, 6) is -0.490. The van der Waals surface area contributed by atoms with Crippen LogP contribution in [0.15, 0.2) is 24.3 Å². The Bertz CT molecular complexity index is 521. The van der Waals surface area contributed by atoms with Gasteiger partial charge in [-0.1, -0.05) is 19.1 Å². The standard InChI is InChI=1S/C15H17F3N2O2/c1-2-7-20(14(21)10-22-11-15(16,17)18)9-13-5-3-12(8-19)4-6-13/h3-6H,2,7,9-11H2,1H3. The quantitative estimate of drug-likeness (QED) is 0.777. The zero-order valence-electron chi connectivity index (χ0n) is 12.2. The minimum Gasteiger partial charge on any atom is -0.362 e. The van der Waals surface area contributed by atoms with E-state index < -0.39 is 25.3 Å². The molecule has 0 saturated carbocycles. The van der Waals surface area contributed by atoms with Crippen LogP contribution in [0, 0.1) is 11.3 Å². The van der Waals surface area contributed by atoms with Gasteiger partial charge in [-0.15, -0.1) is 0 Å².